The Balaban J connectivity index is 1.65. The molecule has 162 valence electrons. The van der Waals surface area contributed by atoms with Crippen LogP contribution in [0.15, 0.2) is 48.8 Å². The summed E-state index contributed by atoms with van der Waals surface area (Å²) >= 11 is 0. The van der Waals surface area contributed by atoms with E-state index in [1.54, 1.807) is 48.7 Å². The number of rotatable bonds is 8. The number of methoxy groups -OCH3 is 1. The summed E-state index contributed by atoms with van der Waals surface area (Å²) in [5.41, 5.74) is 0.481. The Morgan fingerprint density at radius 3 is 2.42 bits per heavy atom. The average Bonchev–Trinajstić information content (AvgIpc) is 3.59. The van der Waals surface area contributed by atoms with Crippen molar-refractivity contribution >= 4 is 17.7 Å². The molecule has 1 saturated heterocycles. The molecule has 1 atom stereocenters. The molecule has 0 radical (unpaired) electrons. The maximum Gasteiger partial charge on any atom is 0.241 e. The standard InChI is InChI=1S/C24H27N3O4/c1-3-26(16-17-10-12-25-13-11-17)21(28)14-24(18-4-8-20(31-2)9-5-18)15-22(29)27(23(24)30)19-6-7-19/h4-5,8-13,19H,3,6-7,14-16H2,1-2H3/t24-/m1/s1. The second kappa shape index (κ2) is 8.49. The first-order valence-corrected chi connectivity index (χ1v) is 10.7. The molecule has 0 spiro atoms. The molecule has 31 heavy (non-hydrogen) atoms. The molecule has 1 aliphatic carbocycles. The first kappa shape index (κ1) is 21.0. The number of benzene rings is 1. The van der Waals surface area contributed by atoms with Crippen LogP contribution in [-0.2, 0) is 26.3 Å². The van der Waals surface area contributed by atoms with Crippen molar-refractivity contribution in [2.75, 3.05) is 13.7 Å². The van der Waals surface area contributed by atoms with E-state index in [4.69, 9.17) is 4.74 Å². The Morgan fingerprint density at radius 1 is 1.16 bits per heavy atom. The highest BCUT2D eigenvalue weighted by Gasteiger charge is 2.57. The Morgan fingerprint density at radius 2 is 1.84 bits per heavy atom. The van der Waals surface area contributed by atoms with Crippen LogP contribution in [0.25, 0.3) is 0 Å². The molecule has 1 aromatic carbocycles. The molecule has 2 aliphatic rings. The quantitative estimate of drug-likeness (QED) is 0.613. The molecule has 4 rings (SSSR count). The molecule has 1 aromatic heterocycles. The number of hydrogen-bond acceptors (Lipinski definition) is 5. The SMILES string of the molecule is CCN(Cc1ccncc1)C(=O)C[C@]1(c2ccc(OC)cc2)CC(=O)N(C2CC2)C1=O. The molecule has 7 nitrogen and oxygen atoms in total. The maximum atomic E-state index is 13.6. The van der Waals surface area contributed by atoms with Crippen LogP contribution in [0.4, 0.5) is 0 Å². The molecule has 2 fully saturated rings. The Hall–Kier alpha value is -3.22. The second-order valence-electron chi connectivity index (χ2n) is 8.23. The monoisotopic (exact) mass is 421 g/mol. The van der Waals surface area contributed by atoms with Gasteiger partial charge in [0, 0.05) is 44.4 Å². The van der Waals surface area contributed by atoms with Gasteiger partial charge >= 0.3 is 0 Å². The lowest BCUT2D eigenvalue weighted by Gasteiger charge is -2.30. The Kier molecular flexibility index (Phi) is 5.76. The lowest BCUT2D eigenvalue weighted by molar-refractivity contribution is -0.143. The second-order valence-corrected chi connectivity index (χ2v) is 8.23. The largest absolute Gasteiger partial charge is 0.497 e. The van der Waals surface area contributed by atoms with Crippen LogP contribution in [0.2, 0.25) is 0 Å². The van der Waals surface area contributed by atoms with Gasteiger partial charge in [0.05, 0.1) is 12.5 Å². The van der Waals surface area contributed by atoms with Gasteiger partial charge in [-0.1, -0.05) is 12.1 Å². The van der Waals surface area contributed by atoms with Gasteiger partial charge in [0.15, 0.2) is 0 Å². The van der Waals surface area contributed by atoms with Crippen LogP contribution < -0.4 is 4.74 Å². The molecule has 2 heterocycles. The van der Waals surface area contributed by atoms with E-state index in [0.29, 0.717) is 24.4 Å². The van der Waals surface area contributed by atoms with Crippen LogP contribution in [0.1, 0.15) is 43.7 Å². The lowest BCUT2D eigenvalue weighted by atomic mass is 9.75. The van der Waals surface area contributed by atoms with E-state index >= 15 is 0 Å². The highest BCUT2D eigenvalue weighted by molar-refractivity contribution is 6.11. The van der Waals surface area contributed by atoms with Crippen molar-refractivity contribution < 1.29 is 19.1 Å². The molecule has 7 heteroatoms. The minimum Gasteiger partial charge on any atom is -0.497 e. The zero-order valence-corrected chi connectivity index (χ0v) is 17.9. The zero-order valence-electron chi connectivity index (χ0n) is 17.9. The third-order valence-electron chi connectivity index (χ3n) is 6.21. The summed E-state index contributed by atoms with van der Waals surface area (Å²) < 4.78 is 5.24. The molecule has 0 bridgehead atoms. The van der Waals surface area contributed by atoms with Crippen molar-refractivity contribution in [1.82, 2.24) is 14.8 Å². The van der Waals surface area contributed by atoms with E-state index < -0.39 is 5.41 Å². The van der Waals surface area contributed by atoms with Crippen molar-refractivity contribution in [1.29, 1.82) is 0 Å². The summed E-state index contributed by atoms with van der Waals surface area (Å²) in [4.78, 5) is 46.9. The van der Waals surface area contributed by atoms with E-state index in [1.807, 2.05) is 19.1 Å². The minimum absolute atomic E-state index is 0.0191. The van der Waals surface area contributed by atoms with Crippen molar-refractivity contribution in [3.8, 4) is 5.75 Å². The fourth-order valence-corrected chi connectivity index (χ4v) is 4.30. The molecule has 0 unspecified atom stereocenters. The summed E-state index contributed by atoms with van der Waals surface area (Å²) in [5.74, 6) is 0.0784. The fraction of sp³-hybridized carbons (Fsp3) is 0.417. The van der Waals surface area contributed by atoms with E-state index in [9.17, 15) is 14.4 Å². The fourth-order valence-electron chi connectivity index (χ4n) is 4.30. The summed E-state index contributed by atoms with van der Waals surface area (Å²) in [5, 5.41) is 0. The zero-order chi connectivity index (χ0) is 22.0. The average molecular weight is 421 g/mol. The number of carbonyl (C=O) groups is 3. The van der Waals surface area contributed by atoms with Gasteiger partial charge in [-0.2, -0.15) is 0 Å². The number of likely N-dealkylation sites (tertiary alicyclic amines) is 1. The smallest absolute Gasteiger partial charge is 0.241 e. The van der Waals surface area contributed by atoms with Crippen molar-refractivity contribution in [3.05, 3.63) is 59.9 Å². The number of pyridine rings is 1. The summed E-state index contributed by atoms with van der Waals surface area (Å²) in [6.07, 6.45) is 5.05. The summed E-state index contributed by atoms with van der Waals surface area (Å²) in [6, 6.07) is 10.9. The first-order valence-electron chi connectivity index (χ1n) is 10.7. The molecular formula is C24H27N3O4. The van der Waals surface area contributed by atoms with Crippen LogP contribution >= 0.6 is 0 Å². The maximum absolute atomic E-state index is 13.6. The minimum atomic E-state index is -1.17. The van der Waals surface area contributed by atoms with E-state index in [-0.39, 0.29) is 36.6 Å². The Bertz CT molecular complexity index is 972. The van der Waals surface area contributed by atoms with Gasteiger partial charge in [0.2, 0.25) is 17.7 Å². The number of aromatic nitrogens is 1. The number of carbonyl (C=O) groups excluding carboxylic acids is 3. The van der Waals surface area contributed by atoms with Crippen LogP contribution in [0, 0.1) is 0 Å². The number of nitrogens with zero attached hydrogens (tertiary/aromatic N) is 3. The topological polar surface area (TPSA) is 79.8 Å². The van der Waals surface area contributed by atoms with Crippen LogP contribution in [0.3, 0.4) is 0 Å². The molecule has 0 N–H and O–H groups in total. The van der Waals surface area contributed by atoms with Crippen molar-refractivity contribution in [2.24, 2.45) is 0 Å². The number of ether oxygens (including phenoxy) is 1. The van der Waals surface area contributed by atoms with E-state index in [2.05, 4.69) is 4.98 Å². The molecule has 2 aromatic rings. The number of imide groups is 1. The summed E-state index contributed by atoms with van der Waals surface area (Å²) in [6.45, 7) is 2.86. The normalized spacial score (nSPS) is 20.8. The number of amides is 3. The van der Waals surface area contributed by atoms with Gasteiger partial charge < -0.3 is 9.64 Å². The third kappa shape index (κ3) is 4.04. The Labute approximate surface area is 182 Å². The van der Waals surface area contributed by atoms with Gasteiger partial charge in [-0.05, 0) is 55.2 Å². The predicted molar refractivity (Wildman–Crippen MR) is 114 cm³/mol. The first-order chi connectivity index (χ1) is 15.0. The van der Waals surface area contributed by atoms with Crippen molar-refractivity contribution in [3.63, 3.8) is 0 Å². The highest BCUT2D eigenvalue weighted by atomic mass is 16.5. The van der Waals surface area contributed by atoms with Gasteiger partial charge in [0.25, 0.3) is 0 Å². The number of hydrogen-bond donors (Lipinski definition) is 0. The van der Waals surface area contributed by atoms with E-state index in [1.165, 1.54) is 4.90 Å². The molecule has 1 saturated carbocycles. The van der Waals surface area contributed by atoms with Gasteiger partial charge in [0.1, 0.15) is 5.75 Å². The van der Waals surface area contributed by atoms with Crippen LogP contribution in [-0.4, -0.2) is 52.2 Å². The van der Waals surface area contributed by atoms with Crippen LogP contribution in [0.5, 0.6) is 5.75 Å². The van der Waals surface area contributed by atoms with Gasteiger partial charge in [-0.3, -0.25) is 24.3 Å². The van der Waals surface area contributed by atoms with Gasteiger partial charge in [-0.15, -0.1) is 0 Å². The molecule has 1 aliphatic heterocycles. The summed E-state index contributed by atoms with van der Waals surface area (Å²) in [7, 11) is 1.58. The van der Waals surface area contributed by atoms with Gasteiger partial charge in [-0.25, -0.2) is 0 Å². The highest BCUT2D eigenvalue weighted by Crippen LogP contribution is 2.44. The molecule has 3 amide bonds. The predicted octanol–water partition coefficient (Wildman–Crippen LogP) is 2.69. The third-order valence-corrected chi connectivity index (χ3v) is 6.21. The lowest BCUT2D eigenvalue weighted by Crippen LogP contribution is -2.44. The van der Waals surface area contributed by atoms with E-state index in [0.717, 1.165) is 18.4 Å². The molecular weight excluding hydrogens is 394 g/mol. The van der Waals surface area contributed by atoms with Crippen molar-refractivity contribution in [2.45, 2.75) is 50.6 Å².